The summed E-state index contributed by atoms with van der Waals surface area (Å²) in [6, 6.07) is 17.4. The van der Waals surface area contributed by atoms with E-state index >= 15 is 0 Å². The lowest BCUT2D eigenvalue weighted by atomic mass is 10.1. The predicted molar refractivity (Wildman–Crippen MR) is 80.5 cm³/mol. The van der Waals surface area contributed by atoms with Gasteiger partial charge in [-0.1, -0.05) is 41.6 Å². The number of benzene rings is 2. The molecule has 5 heteroatoms. The number of carbonyl (C=O) groups excluding carboxylic acids is 2. The fourth-order valence-corrected chi connectivity index (χ4v) is 2.05. The number of imide groups is 1. The zero-order valence-corrected chi connectivity index (χ0v) is 11.5. The van der Waals surface area contributed by atoms with Crippen molar-refractivity contribution in [2.24, 2.45) is 0 Å². The highest BCUT2D eigenvalue weighted by molar-refractivity contribution is 6.25. The highest BCUT2D eigenvalue weighted by Crippen LogP contribution is 2.20. The summed E-state index contributed by atoms with van der Waals surface area (Å²) >= 11 is 0. The van der Waals surface area contributed by atoms with Crippen molar-refractivity contribution in [1.29, 1.82) is 0 Å². The maximum absolute atomic E-state index is 12.7. The van der Waals surface area contributed by atoms with Crippen LogP contribution in [-0.4, -0.2) is 17.0 Å². The summed E-state index contributed by atoms with van der Waals surface area (Å²) in [5, 5.41) is 3.52. The normalized spacial score (nSPS) is 10.2. The van der Waals surface area contributed by atoms with Gasteiger partial charge in [0, 0.05) is 5.56 Å². The average molecular weight is 292 g/mol. The van der Waals surface area contributed by atoms with Gasteiger partial charge in [0.05, 0.1) is 17.4 Å². The van der Waals surface area contributed by atoms with E-state index in [2.05, 4.69) is 5.16 Å². The van der Waals surface area contributed by atoms with Crippen molar-refractivity contribution in [1.82, 2.24) is 5.16 Å². The monoisotopic (exact) mass is 292 g/mol. The Labute approximate surface area is 126 Å². The van der Waals surface area contributed by atoms with E-state index in [1.807, 2.05) is 12.1 Å². The molecule has 0 fully saturated rings. The third kappa shape index (κ3) is 2.64. The molecular formula is C17H12N2O3. The first kappa shape index (κ1) is 13.8. The third-order valence-corrected chi connectivity index (χ3v) is 3.12. The minimum Gasteiger partial charge on any atom is -0.364 e. The highest BCUT2D eigenvalue weighted by atomic mass is 16.5. The summed E-state index contributed by atoms with van der Waals surface area (Å²) in [5.41, 5.74) is 1.13. The summed E-state index contributed by atoms with van der Waals surface area (Å²) in [5.74, 6) is -0.890. The van der Waals surface area contributed by atoms with Crippen LogP contribution in [0.3, 0.4) is 0 Å². The molecule has 0 radical (unpaired) electrons. The largest absolute Gasteiger partial charge is 0.364 e. The predicted octanol–water partition coefficient (Wildman–Crippen LogP) is 3.16. The molecule has 2 aromatic carbocycles. The number of carbonyl (C=O) groups is 2. The molecule has 0 N–H and O–H groups in total. The molecule has 5 nitrogen and oxygen atoms in total. The van der Waals surface area contributed by atoms with Crippen LogP contribution in [0.2, 0.25) is 0 Å². The number of anilines is 1. The van der Waals surface area contributed by atoms with Gasteiger partial charge in [-0.25, -0.2) is 4.90 Å². The van der Waals surface area contributed by atoms with Crippen molar-refractivity contribution in [3.63, 3.8) is 0 Å². The second-order valence-corrected chi connectivity index (χ2v) is 4.56. The van der Waals surface area contributed by atoms with Crippen molar-refractivity contribution in [3.05, 3.63) is 84.3 Å². The number of para-hydroxylation sites is 1. The smallest absolute Gasteiger partial charge is 0.270 e. The van der Waals surface area contributed by atoms with Crippen molar-refractivity contribution in [2.75, 3.05) is 4.90 Å². The van der Waals surface area contributed by atoms with E-state index in [1.54, 1.807) is 48.5 Å². The molecule has 0 aliphatic carbocycles. The molecule has 3 aromatic rings. The van der Waals surface area contributed by atoms with Crippen molar-refractivity contribution in [3.8, 4) is 0 Å². The Morgan fingerprint density at radius 3 is 2.00 bits per heavy atom. The third-order valence-electron chi connectivity index (χ3n) is 3.12. The molecular weight excluding hydrogens is 280 g/mol. The second kappa shape index (κ2) is 6.05. The van der Waals surface area contributed by atoms with Gasteiger partial charge in [-0.3, -0.25) is 9.59 Å². The Morgan fingerprint density at radius 1 is 0.818 bits per heavy atom. The van der Waals surface area contributed by atoms with Crippen LogP contribution in [-0.2, 0) is 0 Å². The zero-order valence-electron chi connectivity index (χ0n) is 11.5. The van der Waals surface area contributed by atoms with Gasteiger partial charge in [-0.2, -0.15) is 0 Å². The van der Waals surface area contributed by atoms with Crippen LogP contribution in [0.5, 0.6) is 0 Å². The average Bonchev–Trinajstić information content (AvgIpc) is 3.11. The Balaban J connectivity index is 2.04. The lowest BCUT2D eigenvalue weighted by Crippen LogP contribution is -2.36. The molecule has 1 aromatic heterocycles. The number of hydrogen-bond acceptors (Lipinski definition) is 4. The summed E-state index contributed by atoms with van der Waals surface area (Å²) in [6.45, 7) is 0. The summed E-state index contributed by atoms with van der Waals surface area (Å²) in [4.78, 5) is 26.5. The van der Waals surface area contributed by atoms with E-state index < -0.39 is 11.8 Å². The molecule has 0 aliphatic rings. The summed E-state index contributed by atoms with van der Waals surface area (Å²) in [6.07, 6.45) is 2.51. The van der Waals surface area contributed by atoms with E-state index in [9.17, 15) is 9.59 Å². The minimum absolute atomic E-state index is 0.216. The lowest BCUT2D eigenvalue weighted by molar-refractivity contribution is 0.0897. The van der Waals surface area contributed by atoms with Crippen LogP contribution >= 0.6 is 0 Å². The van der Waals surface area contributed by atoms with Gasteiger partial charge in [0.25, 0.3) is 11.8 Å². The molecule has 1 heterocycles. The van der Waals surface area contributed by atoms with Gasteiger partial charge in [0.1, 0.15) is 6.26 Å². The van der Waals surface area contributed by atoms with Crippen LogP contribution < -0.4 is 4.90 Å². The van der Waals surface area contributed by atoms with Gasteiger partial charge < -0.3 is 4.52 Å². The van der Waals surface area contributed by atoms with Crippen LogP contribution in [0.15, 0.2) is 77.6 Å². The van der Waals surface area contributed by atoms with Crippen LogP contribution in [0, 0.1) is 0 Å². The molecule has 108 valence electrons. The van der Waals surface area contributed by atoms with Crippen LogP contribution in [0.4, 0.5) is 5.69 Å². The molecule has 0 bridgehead atoms. The first-order valence-electron chi connectivity index (χ1n) is 6.65. The van der Waals surface area contributed by atoms with E-state index in [4.69, 9.17) is 4.52 Å². The van der Waals surface area contributed by atoms with Crippen LogP contribution in [0.25, 0.3) is 0 Å². The molecule has 3 rings (SSSR count). The van der Waals surface area contributed by atoms with E-state index in [0.29, 0.717) is 11.3 Å². The molecule has 0 atom stereocenters. The fourth-order valence-electron chi connectivity index (χ4n) is 2.05. The summed E-state index contributed by atoms with van der Waals surface area (Å²) in [7, 11) is 0. The number of nitrogens with zero attached hydrogens (tertiary/aromatic N) is 2. The Bertz CT molecular complexity index is 768. The Hall–Kier alpha value is -3.21. The standard InChI is InChI=1S/C17H12N2O3/c20-16(13-7-3-1-4-8-13)19(15-9-5-2-6-10-15)17(21)14-11-18-22-12-14/h1-12H. The Kier molecular flexibility index (Phi) is 3.78. The lowest BCUT2D eigenvalue weighted by Gasteiger charge is -2.20. The van der Waals surface area contributed by atoms with Crippen molar-refractivity contribution < 1.29 is 14.1 Å². The van der Waals surface area contributed by atoms with Crippen LogP contribution in [0.1, 0.15) is 20.7 Å². The number of aromatic nitrogens is 1. The molecule has 0 saturated carbocycles. The van der Waals surface area contributed by atoms with Gasteiger partial charge >= 0.3 is 0 Å². The molecule has 22 heavy (non-hydrogen) atoms. The topological polar surface area (TPSA) is 63.4 Å². The molecule has 2 amide bonds. The van der Waals surface area contributed by atoms with Gasteiger partial charge in [0.15, 0.2) is 0 Å². The second-order valence-electron chi connectivity index (χ2n) is 4.56. The molecule has 0 aliphatic heterocycles. The zero-order chi connectivity index (χ0) is 15.4. The number of hydrogen-bond donors (Lipinski definition) is 0. The quantitative estimate of drug-likeness (QED) is 0.696. The first-order valence-corrected chi connectivity index (χ1v) is 6.65. The van der Waals surface area contributed by atoms with Crippen molar-refractivity contribution in [2.45, 2.75) is 0 Å². The van der Waals surface area contributed by atoms with Gasteiger partial charge in [-0.05, 0) is 24.3 Å². The Morgan fingerprint density at radius 2 is 1.41 bits per heavy atom. The minimum atomic E-state index is -0.485. The molecule has 0 saturated heterocycles. The highest BCUT2D eigenvalue weighted by Gasteiger charge is 2.26. The van der Waals surface area contributed by atoms with Gasteiger partial charge in [-0.15, -0.1) is 0 Å². The summed E-state index contributed by atoms with van der Waals surface area (Å²) < 4.78 is 4.70. The molecule has 0 spiro atoms. The number of amides is 2. The molecule has 0 unspecified atom stereocenters. The number of rotatable bonds is 3. The van der Waals surface area contributed by atoms with Gasteiger partial charge in [0.2, 0.25) is 0 Å². The first-order chi connectivity index (χ1) is 10.8. The fraction of sp³-hybridized carbons (Fsp3) is 0. The van der Waals surface area contributed by atoms with E-state index in [0.717, 1.165) is 4.90 Å². The maximum atomic E-state index is 12.7. The van der Waals surface area contributed by atoms with Crippen molar-refractivity contribution >= 4 is 17.5 Å². The van der Waals surface area contributed by atoms with E-state index in [-0.39, 0.29) is 5.56 Å². The SMILES string of the molecule is O=C(c1ccccc1)N(C(=O)c1cnoc1)c1ccccc1. The van der Waals surface area contributed by atoms with E-state index in [1.165, 1.54) is 12.5 Å². The maximum Gasteiger partial charge on any atom is 0.270 e.